The van der Waals surface area contributed by atoms with E-state index >= 15 is 0 Å². The van der Waals surface area contributed by atoms with Gasteiger partial charge in [-0.3, -0.25) is 4.79 Å². The van der Waals surface area contributed by atoms with Crippen molar-refractivity contribution in [3.8, 4) is 0 Å². The number of imidazole rings is 1. The number of carbonyl (C=O) groups is 1. The summed E-state index contributed by atoms with van der Waals surface area (Å²) in [7, 11) is 1.66. The topological polar surface area (TPSA) is 53.3 Å². The van der Waals surface area contributed by atoms with Crippen molar-refractivity contribution in [3.05, 3.63) is 30.1 Å². The van der Waals surface area contributed by atoms with Crippen LogP contribution in [0, 0.1) is 0 Å². The molecule has 0 fully saturated rings. The second-order valence-electron chi connectivity index (χ2n) is 4.14. The predicted octanol–water partition coefficient (Wildman–Crippen LogP) is 1.79. The van der Waals surface area contributed by atoms with E-state index in [0.717, 1.165) is 16.9 Å². The molecule has 0 saturated heterocycles. The Labute approximate surface area is 112 Å². The normalized spacial score (nSPS) is 10.8. The van der Waals surface area contributed by atoms with E-state index < -0.39 is 0 Å². The maximum atomic E-state index is 11.6. The van der Waals surface area contributed by atoms with Gasteiger partial charge in [-0.1, -0.05) is 12.1 Å². The summed E-state index contributed by atoms with van der Waals surface area (Å²) >= 11 is 0. The van der Waals surface area contributed by atoms with E-state index in [4.69, 9.17) is 9.47 Å². The quantitative estimate of drug-likeness (QED) is 0.745. The SMILES string of the molecule is CCOC(=O)Cc1nc2ccccc2n1CCOC. The number of fused-ring (bicyclic) bond motifs is 1. The van der Waals surface area contributed by atoms with Gasteiger partial charge in [0.05, 0.1) is 24.2 Å². The predicted molar refractivity (Wildman–Crippen MR) is 71.9 cm³/mol. The Morgan fingerprint density at radius 3 is 2.89 bits per heavy atom. The lowest BCUT2D eigenvalue weighted by molar-refractivity contribution is -0.142. The molecule has 0 saturated carbocycles. The minimum atomic E-state index is -0.253. The molecule has 0 bridgehead atoms. The standard InChI is InChI=1S/C14H18N2O3/c1-3-19-14(17)10-13-15-11-6-4-5-7-12(11)16(13)8-9-18-2/h4-7H,3,8-10H2,1-2H3. The zero-order valence-corrected chi connectivity index (χ0v) is 11.3. The van der Waals surface area contributed by atoms with Gasteiger partial charge < -0.3 is 14.0 Å². The molecule has 0 unspecified atom stereocenters. The molecular formula is C14H18N2O3. The first-order chi connectivity index (χ1) is 9.26. The summed E-state index contributed by atoms with van der Waals surface area (Å²) in [6.45, 7) is 3.44. The number of benzene rings is 1. The molecule has 5 nitrogen and oxygen atoms in total. The van der Waals surface area contributed by atoms with Crippen LogP contribution in [0.3, 0.4) is 0 Å². The lowest BCUT2D eigenvalue weighted by Crippen LogP contribution is -2.14. The molecule has 1 aromatic heterocycles. The highest BCUT2D eigenvalue weighted by atomic mass is 16.5. The van der Waals surface area contributed by atoms with Crippen molar-refractivity contribution < 1.29 is 14.3 Å². The molecule has 2 rings (SSSR count). The molecular weight excluding hydrogens is 244 g/mol. The Kier molecular flexibility index (Phi) is 4.52. The van der Waals surface area contributed by atoms with Gasteiger partial charge in [-0.05, 0) is 19.1 Å². The number of hydrogen-bond donors (Lipinski definition) is 0. The Balaban J connectivity index is 2.32. The van der Waals surface area contributed by atoms with E-state index in [-0.39, 0.29) is 12.4 Å². The molecule has 0 aliphatic rings. The van der Waals surface area contributed by atoms with Crippen LogP contribution in [0.1, 0.15) is 12.7 Å². The maximum Gasteiger partial charge on any atom is 0.313 e. The van der Waals surface area contributed by atoms with Crippen LogP contribution in [-0.2, 0) is 27.2 Å². The summed E-state index contributed by atoms with van der Waals surface area (Å²) < 4.78 is 12.1. The lowest BCUT2D eigenvalue weighted by Gasteiger charge is -2.08. The van der Waals surface area contributed by atoms with Crippen molar-refractivity contribution in [2.45, 2.75) is 19.9 Å². The van der Waals surface area contributed by atoms with Crippen molar-refractivity contribution in [1.82, 2.24) is 9.55 Å². The highest BCUT2D eigenvalue weighted by molar-refractivity contribution is 5.78. The van der Waals surface area contributed by atoms with Crippen LogP contribution in [-0.4, -0.2) is 35.8 Å². The summed E-state index contributed by atoms with van der Waals surface area (Å²) in [6, 6.07) is 7.82. The minimum absolute atomic E-state index is 0.187. The average Bonchev–Trinajstić information content (AvgIpc) is 2.74. The Hall–Kier alpha value is -1.88. The summed E-state index contributed by atoms with van der Waals surface area (Å²) in [4.78, 5) is 16.1. The van der Waals surface area contributed by atoms with Crippen molar-refractivity contribution in [2.75, 3.05) is 20.3 Å². The van der Waals surface area contributed by atoms with Gasteiger partial charge in [-0.25, -0.2) is 4.98 Å². The van der Waals surface area contributed by atoms with Crippen LogP contribution in [0.5, 0.6) is 0 Å². The van der Waals surface area contributed by atoms with E-state index in [0.29, 0.717) is 19.8 Å². The number of nitrogens with zero attached hydrogens (tertiary/aromatic N) is 2. The number of para-hydroxylation sites is 2. The number of aromatic nitrogens is 2. The highest BCUT2D eigenvalue weighted by Gasteiger charge is 2.14. The van der Waals surface area contributed by atoms with E-state index in [1.807, 2.05) is 28.8 Å². The number of hydrogen-bond acceptors (Lipinski definition) is 4. The summed E-state index contributed by atoms with van der Waals surface area (Å²) in [5, 5.41) is 0. The van der Waals surface area contributed by atoms with E-state index in [1.165, 1.54) is 0 Å². The highest BCUT2D eigenvalue weighted by Crippen LogP contribution is 2.16. The third kappa shape index (κ3) is 3.12. The van der Waals surface area contributed by atoms with E-state index in [1.54, 1.807) is 14.0 Å². The fraction of sp³-hybridized carbons (Fsp3) is 0.429. The average molecular weight is 262 g/mol. The first-order valence-electron chi connectivity index (χ1n) is 6.35. The van der Waals surface area contributed by atoms with Crippen LogP contribution in [0.15, 0.2) is 24.3 Å². The van der Waals surface area contributed by atoms with Crippen molar-refractivity contribution in [1.29, 1.82) is 0 Å². The third-order valence-corrected chi connectivity index (χ3v) is 2.86. The molecule has 0 amide bonds. The maximum absolute atomic E-state index is 11.6. The van der Waals surface area contributed by atoms with Gasteiger partial charge in [-0.2, -0.15) is 0 Å². The fourth-order valence-corrected chi connectivity index (χ4v) is 2.03. The van der Waals surface area contributed by atoms with Crippen molar-refractivity contribution >= 4 is 17.0 Å². The smallest absolute Gasteiger partial charge is 0.313 e. The molecule has 1 aromatic carbocycles. The molecule has 5 heteroatoms. The first kappa shape index (κ1) is 13.5. The van der Waals surface area contributed by atoms with Crippen LogP contribution in [0.2, 0.25) is 0 Å². The Bertz CT molecular complexity index is 563. The molecule has 0 atom stereocenters. The summed E-state index contributed by atoms with van der Waals surface area (Å²) in [5.74, 6) is 0.466. The molecule has 0 aliphatic carbocycles. The molecule has 0 spiro atoms. The largest absolute Gasteiger partial charge is 0.466 e. The second kappa shape index (κ2) is 6.33. The summed E-state index contributed by atoms with van der Waals surface area (Å²) in [6.07, 6.45) is 0.187. The molecule has 0 radical (unpaired) electrons. The van der Waals surface area contributed by atoms with Gasteiger partial charge in [-0.15, -0.1) is 0 Å². The van der Waals surface area contributed by atoms with Gasteiger partial charge in [0.2, 0.25) is 0 Å². The van der Waals surface area contributed by atoms with E-state index in [9.17, 15) is 4.79 Å². The van der Waals surface area contributed by atoms with Gasteiger partial charge in [0.25, 0.3) is 0 Å². The van der Waals surface area contributed by atoms with Crippen LogP contribution in [0.4, 0.5) is 0 Å². The van der Waals surface area contributed by atoms with Gasteiger partial charge in [0.1, 0.15) is 12.2 Å². The van der Waals surface area contributed by atoms with Gasteiger partial charge >= 0.3 is 5.97 Å². The van der Waals surface area contributed by atoms with Gasteiger partial charge in [0.15, 0.2) is 0 Å². The zero-order valence-electron chi connectivity index (χ0n) is 11.3. The molecule has 1 heterocycles. The second-order valence-corrected chi connectivity index (χ2v) is 4.14. The zero-order chi connectivity index (χ0) is 13.7. The fourth-order valence-electron chi connectivity index (χ4n) is 2.03. The number of rotatable bonds is 6. The number of carbonyl (C=O) groups excluding carboxylic acids is 1. The van der Waals surface area contributed by atoms with Crippen molar-refractivity contribution in [3.63, 3.8) is 0 Å². The molecule has 102 valence electrons. The van der Waals surface area contributed by atoms with Crippen LogP contribution >= 0.6 is 0 Å². The first-order valence-corrected chi connectivity index (χ1v) is 6.35. The monoisotopic (exact) mass is 262 g/mol. The summed E-state index contributed by atoms with van der Waals surface area (Å²) in [5.41, 5.74) is 1.90. The Morgan fingerprint density at radius 2 is 2.16 bits per heavy atom. The number of methoxy groups -OCH3 is 1. The van der Waals surface area contributed by atoms with E-state index in [2.05, 4.69) is 4.98 Å². The molecule has 0 N–H and O–H groups in total. The molecule has 0 aliphatic heterocycles. The molecule has 19 heavy (non-hydrogen) atoms. The Morgan fingerprint density at radius 1 is 1.37 bits per heavy atom. The number of ether oxygens (including phenoxy) is 2. The van der Waals surface area contributed by atoms with Crippen LogP contribution < -0.4 is 0 Å². The van der Waals surface area contributed by atoms with Gasteiger partial charge in [0, 0.05) is 13.7 Å². The van der Waals surface area contributed by atoms with Crippen molar-refractivity contribution in [2.24, 2.45) is 0 Å². The molecule has 2 aromatic rings. The minimum Gasteiger partial charge on any atom is -0.466 e. The van der Waals surface area contributed by atoms with Crippen LogP contribution in [0.25, 0.3) is 11.0 Å². The number of esters is 1. The third-order valence-electron chi connectivity index (χ3n) is 2.86. The lowest BCUT2D eigenvalue weighted by atomic mass is 10.3.